The van der Waals surface area contributed by atoms with Gasteiger partial charge in [0.25, 0.3) is 0 Å². The van der Waals surface area contributed by atoms with Crippen LogP contribution < -0.4 is 16.2 Å². The maximum Gasteiger partial charge on any atom is 0.321 e. The van der Waals surface area contributed by atoms with E-state index >= 15 is 0 Å². The molecule has 7 N–H and O–H groups in total. The molecule has 0 bridgehead atoms. The van der Waals surface area contributed by atoms with Crippen LogP contribution in [0.15, 0.2) is 0 Å². The Morgan fingerprint density at radius 3 is 2.00 bits per heavy atom. The Labute approximate surface area is 106 Å². The van der Waals surface area contributed by atoms with Crippen molar-refractivity contribution in [3.8, 4) is 0 Å². The highest BCUT2D eigenvalue weighted by Gasteiger charge is 2.13. The van der Waals surface area contributed by atoms with Gasteiger partial charge in [-0.3, -0.25) is 14.3 Å². The van der Waals surface area contributed by atoms with Gasteiger partial charge in [0.1, 0.15) is 6.04 Å². The van der Waals surface area contributed by atoms with Gasteiger partial charge in [-0.2, -0.15) is 0 Å². The third-order valence-electron chi connectivity index (χ3n) is 1.76. The Hall–Kier alpha value is -0.830. The Balaban J connectivity index is 0. The van der Waals surface area contributed by atoms with E-state index in [0.717, 1.165) is 12.8 Å². The van der Waals surface area contributed by atoms with Crippen LogP contribution in [0, 0.1) is 0 Å². The molecule has 8 heteroatoms. The van der Waals surface area contributed by atoms with Gasteiger partial charge in [0.15, 0.2) is 0 Å². The maximum absolute atomic E-state index is 10.4. The molecule has 0 aromatic heterocycles. The topological polar surface area (TPSA) is 139 Å². The minimum absolute atomic E-state index is 0.0694. The quantitative estimate of drug-likeness (QED) is 0.255. The van der Waals surface area contributed by atoms with E-state index in [4.69, 9.17) is 21.7 Å². The first-order valence-corrected chi connectivity index (χ1v) is 5.68. The second kappa shape index (κ2) is 13.2. The van der Waals surface area contributed by atoms with Crippen LogP contribution in [0.2, 0.25) is 0 Å². The molecule has 0 spiro atoms. The van der Waals surface area contributed by atoms with Crippen molar-refractivity contribution >= 4 is 24.8 Å². The second-order valence-electron chi connectivity index (χ2n) is 3.24. The summed E-state index contributed by atoms with van der Waals surface area (Å²) in [6.07, 6.45) is 2.33. The first kappa shape index (κ1) is 18.5. The monoisotopic (exact) mass is 267 g/mol. The summed E-state index contributed by atoms with van der Waals surface area (Å²) in [6.45, 7) is 0.842. The smallest absolute Gasteiger partial charge is 0.321 e. The molecular weight excluding hydrogens is 246 g/mol. The van der Waals surface area contributed by atoms with E-state index < -0.39 is 18.0 Å². The van der Waals surface area contributed by atoms with Gasteiger partial charge >= 0.3 is 11.9 Å². The molecule has 0 saturated carbocycles. The summed E-state index contributed by atoms with van der Waals surface area (Å²) in [5, 5.41) is 16.4. The van der Waals surface area contributed by atoms with Crippen LogP contribution in [-0.4, -0.2) is 41.3 Å². The number of carboxylic acid groups (broad SMARTS) is 2. The van der Waals surface area contributed by atoms with Crippen LogP contribution in [0.5, 0.6) is 0 Å². The molecular formula is C9H21N3O4S. The Morgan fingerprint density at radius 1 is 1.18 bits per heavy atom. The molecule has 0 aromatic carbocycles. The number of nitrogens with one attached hydrogen (secondary N) is 1. The lowest BCUT2D eigenvalue weighted by Gasteiger charge is -2.08. The van der Waals surface area contributed by atoms with Crippen LogP contribution in [0.3, 0.4) is 0 Å². The molecule has 0 aromatic rings. The van der Waals surface area contributed by atoms with Gasteiger partial charge in [0.2, 0.25) is 0 Å². The second-order valence-corrected chi connectivity index (χ2v) is 3.49. The fourth-order valence-electron chi connectivity index (χ4n) is 0.860. The van der Waals surface area contributed by atoms with Gasteiger partial charge in [-0.25, -0.2) is 0 Å². The van der Waals surface area contributed by atoms with E-state index in [1.54, 1.807) is 0 Å². The minimum Gasteiger partial charge on any atom is -0.481 e. The molecule has 0 aliphatic carbocycles. The van der Waals surface area contributed by atoms with Gasteiger partial charge in [-0.1, -0.05) is 19.2 Å². The van der Waals surface area contributed by atoms with Crippen LogP contribution in [0.25, 0.3) is 0 Å². The van der Waals surface area contributed by atoms with E-state index in [2.05, 4.69) is 17.5 Å². The highest BCUT2D eigenvalue weighted by Crippen LogP contribution is 2.00. The summed E-state index contributed by atoms with van der Waals surface area (Å²) in [5.74, 6) is -1.70. The zero-order chi connectivity index (χ0) is 13.7. The number of unbranched alkanes of at least 4 members (excludes halogenated alkanes) is 1. The summed E-state index contributed by atoms with van der Waals surface area (Å²) in [7, 11) is 0. The average molecular weight is 267 g/mol. The molecule has 0 aliphatic heterocycles. The van der Waals surface area contributed by atoms with Gasteiger partial charge in [0.05, 0.1) is 6.42 Å². The Kier molecular flexibility index (Phi) is 14.4. The molecule has 0 fully saturated rings. The molecule has 0 aliphatic rings. The third-order valence-corrected chi connectivity index (χ3v) is 2.07. The number of hydrogen-bond donors (Lipinski definition) is 6. The lowest BCUT2D eigenvalue weighted by Crippen LogP contribution is -2.30. The average Bonchev–Trinajstić information content (AvgIpc) is 2.24. The Bertz CT molecular complexity index is 216. The van der Waals surface area contributed by atoms with Crippen LogP contribution in [0.4, 0.5) is 0 Å². The van der Waals surface area contributed by atoms with Gasteiger partial charge in [0, 0.05) is 6.54 Å². The van der Waals surface area contributed by atoms with E-state index in [0.29, 0.717) is 13.0 Å². The molecule has 0 saturated heterocycles. The SMILES string of the molecule is NCCC(=O)O.NCCCC[C@H](NS)C(=O)O. The summed E-state index contributed by atoms with van der Waals surface area (Å²) in [5.41, 5.74) is 10.1. The number of carboxylic acids is 2. The van der Waals surface area contributed by atoms with E-state index in [1.165, 1.54) is 0 Å². The number of hydrogen-bond acceptors (Lipinski definition) is 6. The van der Waals surface area contributed by atoms with Crippen LogP contribution in [0.1, 0.15) is 25.7 Å². The standard InChI is InChI=1S/C6H14N2O2S.C3H7NO2/c7-4-2-1-3-5(8-11)6(9)10;4-2-1-3(5)6/h5,8,11H,1-4,7H2,(H,9,10);1-2,4H2,(H,5,6)/t5-;/m0./s1. The molecule has 0 heterocycles. The van der Waals surface area contributed by atoms with Crippen molar-refractivity contribution in [3.05, 3.63) is 0 Å². The van der Waals surface area contributed by atoms with Crippen LogP contribution >= 0.6 is 12.8 Å². The maximum atomic E-state index is 10.4. The number of thiol groups is 1. The number of nitrogens with two attached hydrogens (primary N) is 2. The highest BCUT2D eigenvalue weighted by molar-refractivity contribution is 7.78. The molecule has 0 rings (SSSR count). The molecule has 17 heavy (non-hydrogen) atoms. The predicted octanol–water partition coefficient (Wildman–Crippen LogP) is -0.577. The molecule has 1 atom stereocenters. The van der Waals surface area contributed by atoms with E-state index in [1.807, 2.05) is 0 Å². The molecule has 0 unspecified atom stereocenters. The van der Waals surface area contributed by atoms with E-state index in [9.17, 15) is 9.59 Å². The minimum atomic E-state index is -0.864. The lowest BCUT2D eigenvalue weighted by molar-refractivity contribution is -0.139. The van der Waals surface area contributed by atoms with Gasteiger partial charge < -0.3 is 21.7 Å². The largest absolute Gasteiger partial charge is 0.481 e. The fourth-order valence-corrected chi connectivity index (χ4v) is 1.10. The van der Waals surface area contributed by atoms with Crippen molar-refractivity contribution in [1.82, 2.24) is 4.72 Å². The number of carbonyl (C=O) groups is 2. The van der Waals surface area contributed by atoms with Crippen molar-refractivity contribution in [2.45, 2.75) is 31.7 Å². The molecule has 0 amide bonds. The fraction of sp³-hybridized carbons (Fsp3) is 0.778. The first-order valence-electron chi connectivity index (χ1n) is 5.23. The van der Waals surface area contributed by atoms with E-state index in [-0.39, 0.29) is 13.0 Å². The van der Waals surface area contributed by atoms with Gasteiger partial charge in [-0.15, -0.1) is 0 Å². The van der Waals surface area contributed by atoms with Crippen molar-refractivity contribution in [2.75, 3.05) is 13.1 Å². The Morgan fingerprint density at radius 2 is 1.76 bits per heavy atom. The summed E-state index contributed by atoms with van der Waals surface area (Å²) in [6, 6.07) is -0.551. The molecule has 102 valence electrons. The normalized spacial score (nSPS) is 11.2. The summed E-state index contributed by atoms with van der Waals surface area (Å²) >= 11 is 3.70. The predicted molar refractivity (Wildman–Crippen MR) is 67.8 cm³/mol. The highest BCUT2D eigenvalue weighted by atomic mass is 32.1. The number of aliphatic carboxylic acids is 2. The van der Waals surface area contributed by atoms with Crippen molar-refractivity contribution in [2.24, 2.45) is 11.5 Å². The summed E-state index contributed by atoms with van der Waals surface area (Å²) < 4.78 is 2.41. The zero-order valence-corrected chi connectivity index (χ0v) is 10.5. The zero-order valence-electron chi connectivity index (χ0n) is 9.63. The van der Waals surface area contributed by atoms with Gasteiger partial charge in [-0.05, 0) is 19.4 Å². The first-order chi connectivity index (χ1) is 7.99. The number of rotatable bonds is 8. The molecule has 7 nitrogen and oxygen atoms in total. The summed E-state index contributed by atoms with van der Waals surface area (Å²) in [4.78, 5) is 19.9. The molecule has 0 radical (unpaired) electrons. The van der Waals surface area contributed by atoms with Crippen molar-refractivity contribution < 1.29 is 19.8 Å². The van der Waals surface area contributed by atoms with Crippen molar-refractivity contribution in [1.29, 1.82) is 0 Å². The third kappa shape index (κ3) is 15.2. The van der Waals surface area contributed by atoms with Crippen LogP contribution in [-0.2, 0) is 9.59 Å². The van der Waals surface area contributed by atoms with Crippen molar-refractivity contribution in [3.63, 3.8) is 0 Å². The lowest BCUT2D eigenvalue weighted by atomic mass is 10.1.